The molecule has 14 aromatic rings. The molecule has 0 saturated heterocycles. The van der Waals surface area contributed by atoms with Crippen molar-refractivity contribution in [2.45, 2.75) is 26.2 Å². The first kappa shape index (κ1) is 45.4. The van der Waals surface area contributed by atoms with Gasteiger partial charge in [-0.25, -0.2) is 4.98 Å². The standard InChI is InChI=1S/C66H48N6O.Pt/c1-66(2,3)44-36-37-67-58(38-44)72-57-40-47(34-35-52(57)60-59-50-26-12-14-30-53(50)68(4)63(59)61-51-27-13-15-31-54(51)69(5)64(61)65(60)72)73-46-25-18-24-45(39-46)70-41-71(56-33-17-16-32-55(56)70)62-48(42-20-8-6-9-21-42)28-19-29-49(62)43-22-10-7-11-23-43;/h6-38H,1-5H3;/q-2;. The summed E-state index contributed by atoms with van der Waals surface area (Å²) in [6, 6.07) is 75.9. The van der Waals surface area contributed by atoms with Crippen molar-refractivity contribution in [2.24, 2.45) is 14.1 Å². The van der Waals surface area contributed by atoms with Crippen molar-refractivity contribution in [3.8, 4) is 50.9 Å². The minimum Gasteiger partial charge on any atom is -0.510 e. The largest absolute Gasteiger partial charge is 0.510 e. The first-order valence-electron chi connectivity index (χ1n) is 24.8. The zero-order valence-electron chi connectivity index (χ0n) is 41.5. The zero-order valence-corrected chi connectivity index (χ0v) is 43.7. The molecule has 0 bridgehead atoms. The van der Waals surface area contributed by atoms with E-state index in [9.17, 15) is 0 Å². The third-order valence-corrected chi connectivity index (χ3v) is 14.8. The Morgan fingerprint density at radius 1 is 0.514 bits per heavy atom. The number of benzene rings is 9. The summed E-state index contributed by atoms with van der Waals surface area (Å²) in [5.41, 5.74) is 16.1. The van der Waals surface area contributed by atoms with Crippen LogP contribution >= 0.6 is 0 Å². The van der Waals surface area contributed by atoms with E-state index in [1.807, 2.05) is 24.4 Å². The van der Waals surface area contributed by atoms with Crippen molar-refractivity contribution in [3.05, 3.63) is 224 Å². The Bertz CT molecular complexity index is 4480. The number of rotatable bonds is 7. The normalized spacial score (nSPS) is 12.0. The Labute approximate surface area is 443 Å². The Hall–Kier alpha value is -8.51. The fourth-order valence-corrected chi connectivity index (χ4v) is 11.4. The second kappa shape index (κ2) is 17.3. The van der Waals surface area contributed by atoms with Crippen LogP contribution in [0.25, 0.3) is 116 Å². The number of imidazole rings is 1. The van der Waals surface area contributed by atoms with E-state index < -0.39 is 0 Å². The minimum atomic E-state index is -0.107. The van der Waals surface area contributed by atoms with Crippen molar-refractivity contribution in [1.29, 1.82) is 0 Å². The number of aromatic nitrogens is 6. The number of ether oxygens (including phenoxy) is 1. The van der Waals surface area contributed by atoms with E-state index in [-0.39, 0.29) is 26.5 Å². The fraction of sp³-hybridized carbons (Fsp3) is 0.0909. The molecule has 0 aliphatic carbocycles. The van der Waals surface area contributed by atoms with Gasteiger partial charge in [0.05, 0.1) is 33.3 Å². The number of hydrogen-bond acceptors (Lipinski definition) is 2. The van der Waals surface area contributed by atoms with E-state index in [1.54, 1.807) is 0 Å². The predicted octanol–water partition coefficient (Wildman–Crippen LogP) is 15.5. The van der Waals surface area contributed by atoms with Gasteiger partial charge in [-0.2, -0.15) is 18.2 Å². The van der Waals surface area contributed by atoms with Gasteiger partial charge >= 0.3 is 0 Å². The van der Waals surface area contributed by atoms with Gasteiger partial charge in [-0.1, -0.05) is 166 Å². The monoisotopic (exact) mass is 1140 g/mol. The van der Waals surface area contributed by atoms with Crippen LogP contribution in [0.1, 0.15) is 26.3 Å². The third kappa shape index (κ3) is 6.90. The summed E-state index contributed by atoms with van der Waals surface area (Å²) >= 11 is 0. The Balaban J connectivity index is 0.00000528. The molecule has 0 aliphatic heterocycles. The number of para-hydroxylation sites is 5. The smallest absolute Gasteiger partial charge is 0.268 e. The van der Waals surface area contributed by atoms with Crippen LogP contribution in [-0.4, -0.2) is 23.3 Å². The molecule has 14 rings (SSSR count). The van der Waals surface area contributed by atoms with Crippen LogP contribution in [0, 0.1) is 18.5 Å². The van der Waals surface area contributed by atoms with Crippen molar-refractivity contribution >= 4 is 76.5 Å². The average Bonchev–Trinajstić information content (AvgIpc) is 4.19. The molecule has 0 atom stereocenters. The van der Waals surface area contributed by atoms with Gasteiger partial charge in [0.15, 0.2) is 0 Å². The molecule has 0 spiro atoms. The number of pyridine rings is 1. The van der Waals surface area contributed by atoms with Crippen LogP contribution in [-0.2, 0) is 40.6 Å². The summed E-state index contributed by atoms with van der Waals surface area (Å²) in [7, 11) is 4.39. The summed E-state index contributed by atoms with van der Waals surface area (Å²) in [4.78, 5) is 5.16. The number of fused-ring (bicyclic) bond motifs is 13. The van der Waals surface area contributed by atoms with E-state index in [2.05, 4.69) is 252 Å². The summed E-state index contributed by atoms with van der Waals surface area (Å²) in [5.74, 6) is 1.96. The molecule has 0 N–H and O–H groups in total. The first-order chi connectivity index (χ1) is 35.7. The van der Waals surface area contributed by atoms with Crippen molar-refractivity contribution < 1.29 is 30.4 Å². The topological polar surface area (TPSA) is 45.7 Å². The molecule has 360 valence electrons. The van der Waals surface area contributed by atoms with Crippen LogP contribution in [0.5, 0.6) is 11.5 Å². The molecular formula is C66H48N6OPt-2. The van der Waals surface area contributed by atoms with Crippen LogP contribution in [0.4, 0.5) is 0 Å². The molecule has 0 radical (unpaired) electrons. The molecule has 8 heteroatoms. The van der Waals surface area contributed by atoms with Gasteiger partial charge in [-0.3, -0.25) is 4.57 Å². The minimum absolute atomic E-state index is 0. The SMILES string of the molecule is Cn1c2ccccc2c2c3c4ccc(Oc5[c-]c(-[n+]6[c-]n(-c7c(-c8ccccc8)cccc7-c7ccccc7)c7ccccc76)ccc5)[c-]c4n(-c4cc(C(C)(C)C)ccn4)c3c3c(c4ccccc4n3C)c21.[Pt]. The van der Waals surface area contributed by atoms with E-state index in [1.165, 1.54) is 43.7 Å². The molecule has 74 heavy (non-hydrogen) atoms. The molecule has 5 heterocycles. The van der Waals surface area contributed by atoms with Gasteiger partial charge in [0, 0.05) is 85.4 Å². The number of hydrogen-bond donors (Lipinski definition) is 0. The van der Waals surface area contributed by atoms with E-state index in [4.69, 9.17) is 9.72 Å². The summed E-state index contributed by atoms with van der Waals surface area (Å²) in [6.07, 6.45) is 5.74. The van der Waals surface area contributed by atoms with Crippen LogP contribution in [0.2, 0.25) is 0 Å². The molecule has 0 amide bonds. The Morgan fingerprint density at radius 3 is 1.78 bits per heavy atom. The molecule has 0 aliphatic rings. The fourth-order valence-electron chi connectivity index (χ4n) is 11.4. The van der Waals surface area contributed by atoms with Crippen LogP contribution in [0.3, 0.4) is 0 Å². The van der Waals surface area contributed by atoms with Crippen LogP contribution in [0.15, 0.2) is 200 Å². The second-order valence-corrected chi connectivity index (χ2v) is 20.1. The molecule has 9 aromatic carbocycles. The summed E-state index contributed by atoms with van der Waals surface area (Å²) < 4.78 is 18.3. The summed E-state index contributed by atoms with van der Waals surface area (Å²) in [5, 5.41) is 7.08. The number of nitrogens with zero attached hydrogens (tertiary/aromatic N) is 6. The Morgan fingerprint density at radius 2 is 1.09 bits per heavy atom. The first-order valence-corrected chi connectivity index (χ1v) is 24.8. The van der Waals surface area contributed by atoms with Crippen molar-refractivity contribution in [2.75, 3.05) is 0 Å². The Kier molecular flexibility index (Phi) is 10.6. The van der Waals surface area contributed by atoms with Gasteiger partial charge in [-0.15, -0.1) is 29.7 Å². The summed E-state index contributed by atoms with van der Waals surface area (Å²) in [6.45, 7) is 6.76. The maximum absolute atomic E-state index is 6.90. The van der Waals surface area contributed by atoms with Gasteiger partial charge in [0.1, 0.15) is 5.82 Å². The average molecular weight is 1140 g/mol. The number of aryl methyl sites for hydroxylation is 2. The zero-order chi connectivity index (χ0) is 49.1. The quantitative estimate of drug-likeness (QED) is 0.118. The molecule has 0 fully saturated rings. The second-order valence-electron chi connectivity index (χ2n) is 20.1. The molecule has 7 nitrogen and oxygen atoms in total. The van der Waals surface area contributed by atoms with E-state index in [0.29, 0.717) is 11.5 Å². The van der Waals surface area contributed by atoms with Crippen molar-refractivity contribution in [1.82, 2.24) is 23.3 Å². The molecular weight excluding hydrogens is 1090 g/mol. The van der Waals surface area contributed by atoms with Gasteiger partial charge in [0.2, 0.25) is 0 Å². The third-order valence-electron chi connectivity index (χ3n) is 14.8. The van der Waals surface area contributed by atoms with E-state index in [0.717, 1.165) is 77.8 Å². The van der Waals surface area contributed by atoms with Gasteiger partial charge in [-0.05, 0) is 68.6 Å². The maximum Gasteiger partial charge on any atom is 0.268 e. The predicted molar refractivity (Wildman–Crippen MR) is 298 cm³/mol. The van der Waals surface area contributed by atoms with Crippen LogP contribution < -0.4 is 9.30 Å². The van der Waals surface area contributed by atoms with Gasteiger partial charge in [0.25, 0.3) is 6.33 Å². The molecule has 0 saturated carbocycles. The van der Waals surface area contributed by atoms with Gasteiger partial charge < -0.3 is 23.0 Å². The molecule has 0 unspecified atom stereocenters. The molecule has 5 aromatic heterocycles. The maximum atomic E-state index is 6.90. The van der Waals surface area contributed by atoms with Crippen molar-refractivity contribution in [3.63, 3.8) is 0 Å². The van der Waals surface area contributed by atoms with E-state index >= 15 is 0 Å².